The summed E-state index contributed by atoms with van der Waals surface area (Å²) in [5.41, 5.74) is 8.09. The molecule has 1 aromatic heterocycles. The van der Waals surface area contributed by atoms with Crippen molar-refractivity contribution in [1.82, 2.24) is 20.5 Å². The first-order valence-electron chi connectivity index (χ1n) is 12.5. The maximum absolute atomic E-state index is 12.6. The Kier molecular flexibility index (Phi) is 12.0. The maximum Gasteiger partial charge on any atom is 0.317 e. The molecule has 1 saturated heterocycles. The van der Waals surface area contributed by atoms with Gasteiger partial charge in [0.15, 0.2) is 0 Å². The topological polar surface area (TPSA) is 138 Å². The molecule has 2 aromatic carbocycles. The zero-order valence-electron chi connectivity index (χ0n) is 21.7. The maximum atomic E-state index is 12.6. The number of likely N-dealkylation sites (tertiary alicyclic amines) is 1. The molecule has 198 valence electrons. The van der Waals surface area contributed by atoms with Crippen LogP contribution in [0, 0.1) is 6.92 Å². The largest absolute Gasteiger partial charge is 0.480 e. The van der Waals surface area contributed by atoms with Gasteiger partial charge in [0.1, 0.15) is 11.9 Å². The van der Waals surface area contributed by atoms with Gasteiger partial charge < -0.3 is 21.1 Å². The van der Waals surface area contributed by atoms with E-state index in [9.17, 15) is 14.4 Å². The number of carbonyl (C=O) groups excluding carboxylic acids is 2. The zero-order chi connectivity index (χ0) is 27.2. The summed E-state index contributed by atoms with van der Waals surface area (Å²) in [6.45, 7) is 6.52. The number of hydrogen-bond donors (Lipinski definition) is 4. The summed E-state index contributed by atoms with van der Waals surface area (Å²) in [7, 11) is 0. The molecule has 1 aliphatic heterocycles. The van der Waals surface area contributed by atoms with Gasteiger partial charge in [0.25, 0.3) is 0 Å². The monoisotopic (exact) mass is 507 g/mol. The Bertz CT molecular complexity index is 1170. The molecule has 0 aliphatic carbocycles. The Balaban J connectivity index is 0.000000455. The highest BCUT2D eigenvalue weighted by atomic mass is 16.4. The fourth-order valence-corrected chi connectivity index (χ4v) is 3.92. The van der Waals surface area contributed by atoms with Crippen LogP contribution < -0.4 is 16.4 Å². The van der Waals surface area contributed by atoms with Crippen LogP contribution in [0.15, 0.2) is 60.8 Å². The Morgan fingerprint density at radius 1 is 1.08 bits per heavy atom. The van der Waals surface area contributed by atoms with Gasteiger partial charge in [0, 0.05) is 24.7 Å². The lowest BCUT2D eigenvalue weighted by atomic mass is 10.1. The zero-order valence-corrected chi connectivity index (χ0v) is 21.7. The highest BCUT2D eigenvalue weighted by Crippen LogP contribution is 2.21. The molecule has 4 rings (SSSR count). The molecule has 0 bridgehead atoms. The molecule has 0 spiro atoms. The van der Waals surface area contributed by atoms with Gasteiger partial charge in [-0.2, -0.15) is 0 Å². The SMILES string of the molecule is CC.Cc1ccccc1.Nc1nccc2cc(CNC(=O)C3CCCN3C(=O)CNCC(=O)O)ccc12. The molecule has 9 heteroatoms. The summed E-state index contributed by atoms with van der Waals surface area (Å²) in [5.74, 6) is -1.05. The number of amides is 2. The van der Waals surface area contributed by atoms with Gasteiger partial charge >= 0.3 is 5.97 Å². The molecule has 1 aliphatic rings. The molecule has 2 amide bonds. The number of aromatic nitrogens is 1. The number of rotatable bonds is 7. The summed E-state index contributed by atoms with van der Waals surface area (Å²) in [4.78, 5) is 40.9. The number of aryl methyl sites for hydroxylation is 1. The van der Waals surface area contributed by atoms with Crippen LogP contribution in [0.5, 0.6) is 0 Å². The summed E-state index contributed by atoms with van der Waals surface area (Å²) in [6.07, 6.45) is 2.97. The van der Waals surface area contributed by atoms with Gasteiger partial charge in [-0.05, 0) is 42.8 Å². The first kappa shape index (κ1) is 29.3. The van der Waals surface area contributed by atoms with Crippen molar-refractivity contribution in [3.05, 3.63) is 71.9 Å². The number of fused-ring (bicyclic) bond motifs is 1. The summed E-state index contributed by atoms with van der Waals surface area (Å²) < 4.78 is 0. The van der Waals surface area contributed by atoms with Crippen molar-refractivity contribution in [2.45, 2.75) is 46.2 Å². The molecular weight excluding hydrogens is 470 g/mol. The number of carbonyl (C=O) groups is 3. The number of carboxylic acids is 1. The van der Waals surface area contributed by atoms with E-state index in [4.69, 9.17) is 10.8 Å². The van der Waals surface area contributed by atoms with Crippen molar-refractivity contribution in [3.63, 3.8) is 0 Å². The molecule has 2 heterocycles. The molecule has 1 atom stereocenters. The van der Waals surface area contributed by atoms with Crippen LogP contribution in [0.2, 0.25) is 0 Å². The average Bonchev–Trinajstić information content (AvgIpc) is 3.40. The Hall–Kier alpha value is -3.98. The highest BCUT2D eigenvalue weighted by Gasteiger charge is 2.33. The van der Waals surface area contributed by atoms with Gasteiger partial charge in [-0.25, -0.2) is 4.98 Å². The molecule has 9 nitrogen and oxygen atoms in total. The lowest BCUT2D eigenvalue weighted by Gasteiger charge is -2.24. The standard InChI is InChI=1S/C19H23N5O4.C7H8.C2H6/c20-18-14-4-3-12(8-13(14)5-6-22-18)9-23-19(28)15-2-1-7-24(15)16(25)10-21-11-17(26)27;1-7-5-3-2-4-6-7;1-2/h3-6,8,15,21H,1-2,7,9-11H2,(H2,20,22)(H,23,28)(H,26,27);2-6H,1H3;1-2H3. The van der Waals surface area contributed by atoms with Gasteiger partial charge in [-0.15, -0.1) is 0 Å². The van der Waals surface area contributed by atoms with E-state index in [1.165, 1.54) is 10.5 Å². The number of pyridine rings is 1. The van der Waals surface area contributed by atoms with E-state index in [1.807, 2.05) is 56.3 Å². The Morgan fingerprint density at radius 3 is 2.46 bits per heavy atom. The van der Waals surface area contributed by atoms with Gasteiger partial charge in [-0.3, -0.25) is 19.7 Å². The van der Waals surface area contributed by atoms with E-state index in [-0.39, 0.29) is 24.9 Å². The van der Waals surface area contributed by atoms with Crippen LogP contribution in [0.3, 0.4) is 0 Å². The molecule has 37 heavy (non-hydrogen) atoms. The lowest BCUT2D eigenvalue weighted by molar-refractivity contribution is -0.138. The van der Waals surface area contributed by atoms with E-state index in [0.717, 1.165) is 22.8 Å². The normalized spacial score (nSPS) is 14.1. The van der Waals surface area contributed by atoms with Crippen LogP contribution in [-0.2, 0) is 20.9 Å². The number of nitrogens with two attached hydrogens (primary N) is 1. The molecule has 5 N–H and O–H groups in total. The number of nitrogens with one attached hydrogen (secondary N) is 2. The van der Waals surface area contributed by atoms with Crippen molar-refractivity contribution in [3.8, 4) is 0 Å². The van der Waals surface area contributed by atoms with Gasteiger partial charge in [0.2, 0.25) is 11.8 Å². The van der Waals surface area contributed by atoms with Crippen LogP contribution in [0.4, 0.5) is 5.82 Å². The molecule has 3 aromatic rings. The van der Waals surface area contributed by atoms with E-state index >= 15 is 0 Å². The quantitative estimate of drug-likeness (QED) is 0.385. The number of aliphatic carboxylic acids is 1. The van der Waals surface area contributed by atoms with Gasteiger partial charge in [-0.1, -0.05) is 61.9 Å². The Labute approximate surface area is 218 Å². The van der Waals surface area contributed by atoms with Crippen molar-refractivity contribution in [2.24, 2.45) is 0 Å². The average molecular weight is 508 g/mol. The lowest BCUT2D eigenvalue weighted by Crippen LogP contribution is -2.48. The number of hydrogen-bond acceptors (Lipinski definition) is 6. The van der Waals surface area contributed by atoms with Crippen LogP contribution in [0.1, 0.15) is 37.8 Å². The molecular formula is C28H37N5O4. The second-order valence-corrected chi connectivity index (χ2v) is 8.37. The minimum atomic E-state index is -1.03. The number of nitrogens with zero attached hydrogens (tertiary/aromatic N) is 2. The van der Waals surface area contributed by atoms with Crippen molar-refractivity contribution in [2.75, 3.05) is 25.4 Å². The highest BCUT2D eigenvalue weighted by molar-refractivity contribution is 5.91. The fourth-order valence-electron chi connectivity index (χ4n) is 3.92. The minimum absolute atomic E-state index is 0.101. The molecule has 0 saturated carbocycles. The number of anilines is 1. The van der Waals surface area contributed by atoms with E-state index in [2.05, 4.69) is 34.7 Å². The second-order valence-electron chi connectivity index (χ2n) is 8.37. The van der Waals surface area contributed by atoms with Crippen molar-refractivity contribution >= 4 is 34.4 Å². The summed E-state index contributed by atoms with van der Waals surface area (Å²) in [5, 5.41) is 15.9. The number of benzene rings is 2. The molecule has 1 unspecified atom stereocenters. The predicted octanol–water partition coefficient (Wildman–Crippen LogP) is 3.12. The third-order valence-electron chi connectivity index (χ3n) is 5.70. The van der Waals surface area contributed by atoms with Crippen LogP contribution in [-0.4, -0.2) is 58.5 Å². The number of carboxylic acid groups (broad SMARTS) is 1. The molecule has 1 fully saturated rings. The summed E-state index contributed by atoms with van der Waals surface area (Å²) in [6, 6.07) is 17.3. The van der Waals surface area contributed by atoms with E-state index in [0.29, 0.717) is 25.3 Å². The van der Waals surface area contributed by atoms with Crippen molar-refractivity contribution < 1.29 is 19.5 Å². The first-order chi connectivity index (χ1) is 17.8. The van der Waals surface area contributed by atoms with E-state index in [1.54, 1.807) is 6.20 Å². The van der Waals surface area contributed by atoms with Crippen LogP contribution >= 0.6 is 0 Å². The smallest absolute Gasteiger partial charge is 0.317 e. The third-order valence-corrected chi connectivity index (χ3v) is 5.70. The Morgan fingerprint density at radius 2 is 1.81 bits per heavy atom. The van der Waals surface area contributed by atoms with E-state index < -0.39 is 12.0 Å². The molecule has 0 radical (unpaired) electrons. The first-order valence-corrected chi connectivity index (χ1v) is 12.5. The fraction of sp³-hybridized carbons (Fsp3) is 0.357. The second kappa shape index (κ2) is 15.2. The van der Waals surface area contributed by atoms with Crippen LogP contribution in [0.25, 0.3) is 10.8 Å². The third kappa shape index (κ3) is 9.20. The summed E-state index contributed by atoms with van der Waals surface area (Å²) >= 11 is 0. The predicted molar refractivity (Wildman–Crippen MR) is 146 cm³/mol. The van der Waals surface area contributed by atoms with Gasteiger partial charge in [0.05, 0.1) is 13.1 Å². The minimum Gasteiger partial charge on any atom is -0.480 e. The number of nitrogen functional groups attached to an aromatic ring is 1. The van der Waals surface area contributed by atoms with Crippen molar-refractivity contribution in [1.29, 1.82) is 0 Å².